The van der Waals surface area contributed by atoms with Crippen LogP contribution in [0.4, 0.5) is 23.1 Å². The van der Waals surface area contributed by atoms with Crippen LogP contribution in [0.1, 0.15) is 23.7 Å². The molecule has 3 aromatic rings. The standard InChI is InChI=1S/C18H21N9O3/c1-2-12(14(19)28)23-18-24-16(13(15(20)29)17(30)25-18)22-10-4-6-11(7-5-10)26-27-9-3-8-21-27/h3-9,12,26H,2H2,1H3,(H2,19,28)(H2,20,29)(H3,22,23,24,25,30)/t12-/m1/s1. The maximum absolute atomic E-state index is 12.4. The number of amides is 2. The molecule has 0 aliphatic heterocycles. The molecule has 0 unspecified atom stereocenters. The van der Waals surface area contributed by atoms with Crippen molar-refractivity contribution in [3.8, 4) is 0 Å². The molecule has 12 heteroatoms. The highest BCUT2D eigenvalue weighted by molar-refractivity contribution is 5.98. The zero-order valence-corrected chi connectivity index (χ0v) is 16.0. The third kappa shape index (κ3) is 4.73. The SMILES string of the molecule is CC[C@@H](Nc1nc(Nc2ccc(Nn3cccn3)cc2)c(C(N)=O)c(=O)[nH]1)C(N)=O. The van der Waals surface area contributed by atoms with Gasteiger partial charge in [0.15, 0.2) is 5.82 Å². The Hall–Kier alpha value is -4.35. The van der Waals surface area contributed by atoms with Gasteiger partial charge in [-0.15, -0.1) is 0 Å². The molecule has 8 N–H and O–H groups in total. The fourth-order valence-electron chi connectivity index (χ4n) is 2.63. The van der Waals surface area contributed by atoms with E-state index in [1.807, 2.05) is 0 Å². The van der Waals surface area contributed by atoms with Crippen molar-refractivity contribution in [2.45, 2.75) is 19.4 Å². The summed E-state index contributed by atoms with van der Waals surface area (Å²) in [6, 6.07) is 7.99. The zero-order chi connectivity index (χ0) is 21.7. The molecular formula is C18H21N9O3. The molecule has 2 amide bonds. The maximum Gasteiger partial charge on any atom is 0.267 e. The van der Waals surface area contributed by atoms with Crippen molar-refractivity contribution >= 4 is 35.0 Å². The summed E-state index contributed by atoms with van der Waals surface area (Å²) in [5.41, 5.74) is 13.9. The number of nitrogens with two attached hydrogens (primary N) is 2. The van der Waals surface area contributed by atoms with Crippen molar-refractivity contribution in [1.29, 1.82) is 0 Å². The summed E-state index contributed by atoms with van der Waals surface area (Å²) >= 11 is 0. The van der Waals surface area contributed by atoms with E-state index in [0.717, 1.165) is 5.69 Å². The number of carbonyl (C=O) groups excluding carboxylic acids is 2. The lowest BCUT2D eigenvalue weighted by Gasteiger charge is -2.16. The van der Waals surface area contributed by atoms with Crippen molar-refractivity contribution in [2.24, 2.45) is 11.5 Å². The molecule has 0 spiro atoms. The number of nitrogens with zero attached hydrogens (tertiary/aromatic N) is 3. The van der Waals surface area contributed by atoms with Gasteiger partial charge in [-0.3, -0.25) is 24.8 Å². The number of anilines is 4. The Balaban J connectivity index is 1.86. The first-order valence-electron chi connectivity index (χ1n) is 9.01. The molecule has 0 aliphatic rings. The highest BCUT2D eigenvalue weighted by Crippen LogP contribution is 2.20. The van der Waals surface area contributed by atoms with Crippen LogP contribution < -0.4 is 33.1 Å². The lowest BCUT2D eigenvalue weighted by atomic mass is 10.2. The normalized spacial score (nSPS) is 11.5. The van der Waals surface area contributed by atoms with Gasteiger partial charge in [0.05, 0.1) is 11.9 Å². The molecular weight excluding hydrogens is 390 g/mol. The molecule has 0 bridgehead atoms. The van der Waals surface area contributed by atoms with E-state index in [1.165, 1.54) is 4.79 Å². The number of rotatable bonds is 9. The van der Waals surface area contributed by atoms with Gasteiger partial charge in [0, 0.05) is 11.9 Å². The third-order valence-corrected chi connectivity index (χ3v) is 4.12. The number of nitrogens with one attached hydrogen (secondary N) is 4. The first kappa shape index (κ1) is 20.4. The topological polar surface area (TPSA) is 186 Å². The molecule has 30 heavy (non-hydrogen) atoms. The number of benzene rings is 1. The first-order chi connectivity index (χ1) is 14.4. The van der Waals surface area contributed by atoms with Crippen LogP contribution in [0.5, 0.6) is 0 Å². The lowest BCUT2D eigenvalue weighted by molar-refractivity contribution is -0.118. The molecule has 0 aliphatic carbocycles. The molecule has 2 heterocycles. The van der Waals surface area contributed by atoms with E-state index in [1.54, 1.807) is 49.6 Å². The van der Waals surface area contributed by atoms with Crippen LogP contribution in [0.15, 0.2) is 47.5 Å². The Morgan fingerprint density at radius 2 is 1.90 bits per heavy atom. The predicted molar refractivity (Wildman–Crippen MR) is 111 cm³/mol. The number of H-pyrrole nitrogens is 1. The Labute approximate surface area is 170 Å². The highest BCUT2D eigenvalue weighted by atomic mass is 16.2. The fourth-order valence-corrected chi connectivity index (χ4v) is 2.63. The van der Waals surface area contributed by atoms with Crippen LogP contribution in [0, 0.1) is 0 Å². The predicted octanol–water partition coefficient (Wildman–Crippen LogP) is 0.360. The Morgan fingerprint density at radius 1 is 1.20 bits per heavy atom. The molecule has 156 valence electrons. The van der Waals surface area contributed by atoms with E-state index in [-0.39, 0.29) is 17.3 Å². The van der Waals surface area contributed by atoms with Gasteiger partial charge in [0.1, 0.15) is 11.6 Å². The Bertz CT molecular complexity index is 1090. The van der Waals surface area contributed by atoms with Crippen molar-refractivity contribution in [2.75, 3.05) is 16.1 Å². The summed E-state index contributed by atoms with van der Waals surface area (Å²) in [5.74, 6) is -1.62. The van der Waals surface area contributed by atoms with Crippen LogP contribution in [0.2, 0.25) is 0 Å². The molecule has 1 aromatic carbocycles. The second-order valence-corrected chi connectivity index (χ2v) is 6.27. The Morgan fingerprint density at radius 3 is 2.47 bits per heavy atom. The van der Waals surface area contributed by atoms with Gasteiger partial charge in [0.2, 0.25) is 11.9 Å². The van der Waals surface area contributed by atoms with E-state index in [2.05, 4.69) is 31.1 Å². The summed E-state index contributed by atoms with van der Waals surface area (Å²) in [4.78, 5) is 43.7. The van der Waals surface area contributed by atoms with E-state index < -0.39 is 23.4 Å². The van der Waals surface area contributed by atoms with Gasteiger partial charge in [-0.2, -0.15) is 14.9 Å². The number of aromatic nitrogens is 4. The van der Waals surface area contributed by atoms with E-state index in [9.17, 15) is 14.4 Å². The van der Waals surface area contributed by atoms with Crippen molar-refractivity contribution in [3.63, 3.8) is 0 Å². The largest absolute Gasteiger partial charge is 0.368 e. The summed E-state index contributed by atoms with van der Waals surface area (Å²) < 4.78 is 0. The number of hydrogen-bond acceptors (Lipinski definition) is 8. The monoisotopic (exact) mass is 411 g/mol. The Kier molecular flexibility index (Phi) is 5.96. The lowest BCUT2D eigenvalue weighted by Crippen LogP contribution is -2.36. The number of primary amides is 2. The van der Waals surface area contributed by atoms with Gasteiger partial charge in [-0.25, -0.2) is 0 Å². The fraction of sp³-hybridized carbons (Fsp3) is 0.167. The molecule has 2 aromatic heterocycles. The second-order valence-electron chi connectivity index (χ2n) is 6.27. The van der Waals surface area contributed by atoms with E-state index in [4.69, 9.17) is 11.5 Å². The second kappa shape index (κ2) is 8.77. The molecule has 12 nitrogen and oxygen atoms in total. The molecule has 3 rings (SSSR count). The van der Waals surface area contributed by atoms with Gasteiger partial charge in [0.25, 0.3) is 11.5 Å². The number of aromatic amines is 1. The summed E-state index contributed by atoms with van der Waals surface area (Å²) in [6.45, 7) is 1.75. The van der Waals surface area contributed by atoms with Crippen LogP contribution in [0.3, 0.4) is 0 Å². The van der Waals surface area contributed by atoms with Gasteiger partial charge < -0.3 is 22.1 Å². The van der Waals surface area contributed by atoms with Crippen molar-refractivity contribution in [3.05, 3.63) is 58.6 Å². The van der Waals surface area contributed by atoms with E-state index >= 15 is 0 Å². The van der Waals surface area contributed by atoms with Crippen LogP contribution in [-0.2, 0) is 4.79 Å². The zero-order valence-electron chi connectivity index (χ0n) is 16.0. The third-order valence-electron chi connectivity index (χ3n) is 4.12. The van der Waals surface area contributed by atoms with Crippen LogP contribution in [0.25, 0.3) is 0 Å². The summed E-state index contributed by atoms with van der Waals surface area (Å²) in [6.07, 6.45) is 3.76. The number of carbonyl (C=O) groups is 2. The van der Waals surface area contributed by atoms with Gasteiger partial charge >= 0.3 is 0 Å². The molecule has 0 saturated carbocycles. The summed E-state index contributed by atoms with van der Waals surface area (Å²) in [7, 11) is 0. The molecule has 0 fully saturated rings. The minimum Gasteiger partial charge on any atom is -0.368 e. The minimum atomic E-state index is -0.947. The van der Waals surface area contributed by atoms with Gasteiger partial charge in [-0.05, 0) is 36.8 Å². The molecule has 0 saturated heterocycles. The van der Waals surface area contributed by atoms with Crippen LogP contribution >= 0.6 is 0 Å². The molecule has 0 radical (unpaired) electrons. The average molecular weight is 411 g/mol. The van der Waals surface area contributed by atoms with Crippen molar-refractivity contribution in [1.82, 2.24) is 19.9 Å². The number of hydrogen-bond donors (Lipinski definition) is 6. The van der Waals surface area contributed by atoms with E-state index in [0.29, 0.717) is 12.1 Å². The van der Waals surface area contributed by atoms with Crippen molar-refractivity contribution < 1.29 is 9.59 Å². The minimum absolute atomic E-state index is 0.0184. The van der Waals surface area contributed by atoms with Gasteiger partial charge in [-0.1, -0.05) is 6.92 Å². The average Bonchev–Trinajstić information content (AvgIpc) is 3.20. The molecule has 1 atom stereocenters. The quantitative estimate of drug-likeness (QED) is 0.291. The summed E-state index contributed by atoms with van der Waals surface area (Å²) in [5, 5.41) is 9.69. The van der Waals surface area contributed by atoms with Crippen LogP contribution in [-0.4, -0.2) is 37.7 Å². The first-order valence-corrected chi connectivity index (χ1v) is 9.01. The smallest absolute Gasteiger partial charge is 0.267 e. The maximum atomic E-state index is 12.4. The highest BCUT2D eigenvalue weighted by Gasteiger charge is 2.19.